The average Bonchev–Trinajstić information content (AvgIpc) is 2.66. The Morgan fingerprint density at radius 1 is 1.16 bits per heavy atom. The van der Waals surface area contributed by atoms with E-state index < -0.39 is 0 Å². The average molecular weight is 336 g/mol. The molecular formula is C22H28N2O. The second-order valence-electron chi connectivity index (χ2n) is 7.17. The summed E-state index contributed by atoms with van der Waals surface area (Å²) in [5, 5.41) is 0. The van der Waals surface area contributed by atoms with E-state index in [1.54, 1.807) is 12.4 Å². The number of carbonyl (C=O) groups is 1. The fraction of sp³-hybridized carbons (Fsp3) is 0.455. The van der Waals surface area contributed by atoms with Crippen LogP contribution in [-0.4, -0.2) is 28.9 Å². The van der Waals surface area contributed by atoms with Crippen LogP contribution < -0.4 is 0 Å². The first-order valence-electron chi connectivity index (χ1n) is 9.43. The summed E-state index contributed by atoms with van der Waals surface area (Å²) in [5.74, 6) is 0.940. The largest absolute Gasteiger partial charge is 0.342 e. The standard InChI is InChI=1S/C22H28N2O/c1-18-5-2-3-7-21(18)10-8-20-6-4-16-24(17-20)22(25)11-9-19-12-14-23-15-13-19/h2-3,5,7,12-15,20H,4,6,8-11,16-17H2,1H3. The summed E-state index contributed by atoms with van der Waals surface area (Å²) in [7, 11) is 0. The van der Waals surface area contributed by atoms with Crippen LogP contribution >= 0.6 is 0 Å². The third kappa shape index (κ3) is 5.15. The Morgan fingerprint density at radius 2 is 1.96 bits per heavy atom. The van der Waals surface area contributed by atoms with Crippen molar-refractivity contribution in [3.63, 3.8) is 0 Å². The smallest absolute Gasteiger partial charge is 0.222 e. The molecule has 0 aliphatic carbocycles. The summed E-state index contributed by atoms with van der Waals surface area (Å²) in [6.45, 7) is 4.04. The van der Waals surface area contributed by atoms with Crippen LogP contribution in [0.4, 0.5) is 0 Å². The lowest BCUT2D eigenvalue weighted by Gasteiger charge is -2.33. The van der Waals surface area contributed by atoms with Crippen LogP contribution in [0.25, 0.3) is 0 Å². The Labute approximate surface area is 151 Å². The minimum absolute atomic E-state index is 0.303. The van der Waals surface area contributed by atoms with E-state index in [9.17, 15) is 4.79 Å². The van der Waals surface area contributed by atoms with E-state index in [-0.39, 0.29) is 0 Å². The zero-order valence-corrected chi connectivity index (χ0v) is 15.2. The Morgan fingerprint density at radius 3 is 2.76 bits per heavy atom. The monoisotopic (exact) mass is 336 g/mol. The predicted octanol–water partition coefficient (Wildman–Crippen LogP) is 4.19. The van der Waals surface area contributed by atoms with Gasteiger partial charge in [0.1, 0.15) is 0 Å². The topological polar surface area (TPSA) is 33.2 Å². The fourth-order valence-electron chi connectivity index (χ4n) is 3.74. The molecule has 25 heavy (non-hydrogen) atoms. The van der Waals surface area contributed by atoms with E-state index in [0.717, 1.165) is 32.4 Å². The molecule has 0 radical (unpaired) electrons. The van der Waals surface area contributed by atoms with Gasteiger partial charge in [-0.15, -0.1) is 0 Å². The van der Waals surface area contributed by atoms with E-state index in [0.29, 0.717) is 18.2 Å². The van der Waals surface area contributed by atoms with Crippen LogP contribution in [0.1, 0.15) is 42.4 Å². The number of pyridine rings is 1. The van der Waals surface area contributed by atoms with Gasteiger partial charge in [0.2, 0.25) is 5.91 Å². The number of likely N-dealkylation sites (tertiary alicyclic amines) is 1. The number of rotatable bonds is 6. The SMILES string of the molecule is Cc1ccccc1CCC1CCCN(C(=O)CCc2ccncc2)C1. The second-order valence-corrected chi connectivity index (χ2v) is 7.17. The molecule has 1 atom stereocenters. The lowest BCUT2D eigenvalue weighted by atomic mass is 9.90. The van der Waals surface area contributed by atoms with Crippen LogP contribution in [0.15, 0.2) is 48.8 Å². The van der Waals surface area contributed by atoms with Crippen molar-refractivity contribution in [2.24, 2.45) is 5.92 Å². The summed E-state index contributed by atoms with van der Waals surface area (Å²) >= 11 is 0. The highest BCUT2D eigenvalue weighted by molar-refractivity contribution is 5.76. The van der Waals surface area contributed by atoms with Crippen molar-refractivity contribution in [3.05, 3.63) is 65.5 Å². The van der Waals surface area contributed by atoms with Crippen molar-refractivity contribution in [1.29, 1.82) is 0 Å². The number of carbonyl (C=O) groups excluding carboxylic acids is 1. The van der Waals surface area contributed by atoms with Gasteiger partial charge in [0.05, 0.1) is 0 Å². The molecule has 2 heterocycles. The van der Waals surface area contributed by atoms with Crippen LogP contribution in [0.5, 0.6) is 0 Å². The Kier molecular flexibility index (Phi) is 6.21. The Balaban J connectivity index is 1.47. The van der Waals surface area contributed by atoms with Gasteiger partial charge in [0.15, 0.2) is 0 Å². The van der Waals surface area contributed by atoms with Gasteiger partial charge in [-0.25, -0.2) is 0 Å². The second kappa shape index (κ2) is 8.80. The molecule has 1 saturated heterocycles. The van der Waals surface area contributed by atoms with Gasteiger partial charge >= 0.3 is 0 Å². The van der Waals surface area contributed by atoms with Gasteiger partial charge in [0.25, 0.3) is 0 Å². The first-order chi connectivity index (χ1) is 12.2. The van der Waals surface area contributed by atoms with Gasteiger partial charge in [-0.3, -0.25) is 9.78 Å². The van der Waals surface area contributed by atoms with Crippen molar-refractivity contribution in [2.45, 2.75) is 45.4 Å². The molecule has 2 aromatic rings. The van der Waals surface area contributed by atoms with Crippen molar-refractivity contribution in [1.82, 2.24) is 9.88 Å². The highest BCUT2D eigenvalue weighted by Crippen LogP contribution is 2.23. The van der Waals surface area contributed by atoms with Crippen molar-refractivity contribution in [3.8, 4) is 0 Å². The first kappa shape index (κ1) is 17.7. The molecule has 1 aromatic heterocycles. The van der Waals surface area contributed by atoms with Crippen molar-refractivity contribution < 1.29 is 4.79 Å². The lowest BCUT2D eigenvalue weighted by molar-refractivity contribution is -0.133. The summed E-state index contributed by atoms with van der Waals surface area (Å²) in [6.07, 6.45) is 9.69. The van der Waals surface area contributed by atoms with Crippen LogP contribution in [-0.2, 0) is 17.6 Å². The molecule has 1 fully saturated rings. The quantitative estimate of drug-likeness (QED) is 0.792. The lowest BCUT2D eigenvalue weighted by Crippen LogP contribution is -2.40. The maximum atomic E-state index is 12.6. The minimum Gasteiger partial charge on any atom is -0.342 e. The molecule has 0 spiro atoms. The third-order valence-corrected chi connectivity index (χ3v) is 5.33. The number of amides is 1. The zero-order valence-electron chi connectivity index (χ0n) is 15.2. The van der Waals surface area contributed by atoms with Gasteiger partial charge < -0.3 is 4.90 Å². The molecule has 0 N–H and O–H groups in total. The van der Waals surface area contributed by atoms with Gasteiger partial charge in [-0.1, -0.05) is 24.3 Å². The first-order valence-corrected chi connectivity index (χ1v) is 9.43. The van der Waals surface area contributed by atoms with Crippen molar-refractivity contribution in [2.75, 3.05) is 13.1 Å². The molecule has 1 aliphatic heterocycles. The van der Waals surface area contributed by atoms with E-state index in [2.05, 4.69) is 41.1 Å². The van der Waals surface area contributed by atoms with E-state index in [1.165, 1.54) is 29.5 Å². The molecule has 0 saturated carbocycles. The number of nitrogens with zero attached hydrogens (tertiary/aromatic N) is 2. The van der Waals surface area contributed by atoms with E-state index in [1.807, 2.05) is 12.1 Å². The maximum Gasteiger partial charge on any atom is 0.222 e. The van der Waals surface area contributed by atoms with Gasteiger partial charge in [0, 0.05) is 31.9 Å². The van der Waals surface area contributed by atoms with Gasteiger partial charge in [-0.2, -0.15) is 0 Å². The Bertz CT molecular complexity index is 683. The molecule has 132 valence electrons. The maximum absolute atomic E-state index is 12.6. The van der Waals surface area contributed by atoms with E-state index in [4.69, 9.17) is 0 Å². The minimum atomic E-state index is 0.303. The summed E-state index contributed by atoms with van der Waals surface area (Å²) in [4.78, 5) is 18.7. The molecule has 3 heteroatoms. The summed E-state index contributed by atoms with van der Waals surface area (Å²) in [5.41, 5.74) is 4.02. The van der Waals surface area contributed by atoms with Crippen LogP contribution in [0, 0.1) is 12.8 Å². The molecule has 0 bridgehead atoms. The molecule has 1 aliphatic rings. The third-order valence-electron chi connectivity index (χ3n) is 5.33. The van der Waals surface area contributed by atoms with E-state index >= 15 is 0 Å². The Hall–Kier alpha value is -2.16. The number of hydrogen-bond donors (Lipinski definition) is 0. The number of piperidine rings is 1. The highest BCUT2D eigenvalue weighted by atomic mass is 16.2. The van der Waals surface area contributed by atoms with Crippen LogP contribution in [0.3, 0.4) is 0 Å². The molecule has 3 nitrogen and oxygen atoms in total. The summed E-state index contributed by atoms with van der Waals surface area (Å²) in [6, 6.07) is 12.6. The predicted molar refractivity (Wildman–Crippen MR) is 101 cm³/mol. The normalized spacial score (nSPS) is 17.5. The van der Waals surface area contributed by atoms with Gasteiger partial charge in [-0.05, 0) is 73.8 Å². The molecular weight excluding hydrogens is 308 g/mol. The number of aromatic nitrogens is 1. The summed E-state index contributed by atoms with van der Waals surface area (Å²) < 4.78 is 0. The molecule has 1 unspecified atom stereocenters. The number of benzene rings is 1. The van der Waals surface area contributed by atoms with Crippen LogP contribution in [0.2, 0.25) is 0 Å². The van der Waals surface area contributed by atoms with Crippen molar-refractivity contribution >= 4 is 5.91 Å². The highest BCUT2D eigenvalue weighted by Gasteiger charge is 2.23. The molecule has 3 rings (SSSR count). The number of hydrogen-bond acceptors (Lipinski definition) is 2. The molecule has 1 amide bonds. The zero-order chi connectivity index (χ0) is 17.5. The molecule has 1 aromatic carbocycles. The number of aryl methyl sites for hydroxylation is 3. The fourth-order valence-corrected chi connectivity index (χ4v) is 3.74.